The molecule has 1 aromatic heterocycles. The molecule has 4 rings (SSSR count). The minimum absolute atomic E-state index is 0.325. The Kier molecular flexibility index (Phi) is 2.66. The fourth-order valence-electron chi connectivity index (χ4n) is 3.22. The topological polar surface area (TPSA) is 67.5 Å². The van der Waals surface area contributed by atoms with Crippen molar-refractivity contribution in [2.45, 2.75) is 12.3 Å². The molecule has 0 radical (unpaired) electrons. The molecule has 1 atom stereocenters. The number of carbonyl (C=O) groups is 1. The first-order chi connectivity index (χ1) is 10.7. The van der Waals surface area contributed by atoms with E-state index in [4.69, 9.17) is 4.42 Å². The largest absolute Gasteiger partial charge is 0.481 e. The van der Waals surface area contributed by atoms with Gasteiger partial charge in [-0.1, -0.05) is 42.5 Å². The van der Waals surface area contributed by atoms with E-state index < -0.39 is 17.5 Å². The van der Waals surface area contributed by atoms with E-state index in [1.165, 1.54) is 0 Å². The third-order valence-electron chi connectivity index (χ3n) is 4.23. The van der Waals surface area contributed by atoms with Crippen LogP contribution in [0.2, 0.25) is 0 Å². The highest BCUT2D eigenvalue weighted by Crippen LogP contribution is 2.41. The number of carboxylic acids is 1. The van der Waals surface area contributed by atoms with Crippen molar-refractivity contribution in [1.29, 1.82) is 0 Å². The molecule has 0 fully saturated rings. The first-order valence-electron chi connectivity index (χ1n) is 7.03. The Hall–Kier alpha value is -2.88. The van der Waals surface area contributed by atoms with Crippen molar-refractivity contribution in [3.8, 4) is 11.3 Å². The van der Waals surface area contributed by atoms with Gasteiger partial charge >= 0.3 is 11.6 Å². The summed E-state index contributed by atoms with van der Waals surface area (Å²) in [6, 6.07) is 14.4. The molecular formula is C18H12O4. The van der Waals surface area contributed by atoms with Crippen LogP contribution in [0.3, 0.4) is 0 Å². The number of hydrogen-bond acceptors (Lipinski definition) is 3. The summed E-state index contributed by atoms with van der Waals surface area (Å²) in [5.41, 5.74) is 1.79. The van der Waals surface area contributed by atoms with Crippen LogP contribution in [0.5, 0.6) is 0 Å². The van der Waals surface area contributed by atoms with Gasteiger partial charge in [0.2, 0.25) is 0 Å². The minimum atomic E-state index is -0.867. The summed E-state index contributed by atoms with van der Waals surface area (Å²) in [5.74, 6) is -0.995. The number of fused-ring (bicyclic) bond motifs is 5. The van der Waals surface area contributed by atoms with Crippen molar-refractivity contribution in [2.24, 2.45) is 0 Å². The van der Waals surface area contributed by atoms with Crippen LogP contribution in [0.25, 0.3) is 22.1 Å². The molecule has 0 spiro atoms. The standard InChI is InChI=1S/C18H12O4/c19-17(20)15-9-14-11-6-2-4-8-13(11)18(21)22-16(14)12-7-3-1-5-10(12)15/h1-8,15H,9H2,(H,19,20)/t15-/m1/s1. The van der Waals surface area contributed by atoms with Crippen molar-refractivity contribution in [3.63, 3.8) is 0 Å². The average molecular weight is 292 g/mol. The van der Waals surface area contributed by atoms with Gasteiger partial charge in [0.1, 0.15) is 5.76 Å². The summed E-state index contributed by atoms with van der Waals surface area (Å²) in [6.07, 6.45) is 0.325. The molecule has 1 aliphatic rings. The molecule has 4 heteroatoms. The predicted molar refractivity (Wildman–Crippen MR) is 82.0 cm³/mol. The van der Waals surface area contributed by atoms with E-state index in [1.807, 2.05) is 18.2 Å². The summed E-state index contributed by atoms with van der Waals surface area (Å²) >= 11 is 0. The molecular weight excluding hydrogens is 280 g/mol. The van der Waals surface area contributed by atoms with Crippen LogP contribution in [0.4, 0.5) is 0 Å². The average Bonchev–Trinajstić information content (AvgIpc) is 2.54. The van der Waals surface area contributed by atoms with Crippen LogP contribution in [0.1, 0.15) is 17.0 Å². The number of rotatable bonds is 1. The summed E-state index contributed by atoms with van der Waals surface area (Å²) in [6.45, 7) is 0. The summed E-state index contributed by atoms with van der Waals surface area (Å²) in [7, 11) is 0. The predicted octanol–water partition coefficient (Wildman–Crippen LogP) is 3.18. The lowest BCUT2D eigenvalue weighted by atomic mass is 9.80. The van der Waals surface area contributed by atoms with E-state index in [2.05, 4.69) is 0 Å². The second kappa shape index (κ2) is 4.56. The molecule has 0 aliphatic heterocycles. The summed E-state index contributed by atoms with van der Waals surface area (Å²) < 4.78 is 5.52. The van der Waals surface area contributed by atoms with E-state index in [0.29, 0.717) is 28.7 Å². The van der Waals surface area contributed by atoms with Crippen molar-refractivity contribution in [3.05, 3.63) is 70.1 Å². The molecule has 1 heterocycles. The monoisotopic (exact) mass is 292 g/mol. The molecule has 3 aromatic rings. The van der Waals surface area contributed by atoms with Crippen LogP contribution in [0.15, 0.2) is 57.7 Å². The van der Waals surface area contributed by atoms with Gasteiger partial charge in [0, 0.05) is 11.1 Å². The van der Waals surface area contributed by atoms with Gasteiger partial charge in [0.15, 0.2) is 0 Å². The molecule has 108 valence electrons. The van der Waals surface area contributed by atoms with E-state index in [1.54, 1.807) is 30.3 Å². The van der Waals surface area contributed by atoms with Crippen molar-refractivity contribution in [1.82, 2.24) is 0 Å². The first-order valence-corrected chi connectivity index (χ1v) is 7.03. The third-order valence-corrected chi connectivity index (χ3v) is 4.23. The van der Waals surface area contributed by atoms with Crippen molar-refractivity contribution >= 4 is 16.7 Å². The van der Waals surface area contributed by atoms with Gasteiger partial charge in [-0.2, -0.15) is 0 Å². The quantitative estimate of drug-likeness (QED) is 0.748. The van der Waals surface area contributed by atoms with Crippen LogP contribution < -0.4 is 5.63 Å². The van der Waals surface area contributed by atoms with Crippen LogP contribution in [-0.4, -0.2) is 11.1 Å². The lowest BCUT2D eigenvalue weighted by Gasteiger charge is -2.24. The van der Waals surface area contributed by atoms with Crippen LogP contribution >= 0.6 is 0 Å². The Morgan fingerprint density at radius 2 is 1.73 bits per heavy atom. The van der Waals surface area contributed by atoms with Gasteiger partial charge in [-0.3, -0.25) is 4.79 Å². The van der Waals surface area contributed by atoms with Gasteiger partial charge in [0.05, 0.1) is 11.3 Å². The molecule has 0 saturated heterocycles. The Labute approximate surface area is 125 Å². The Morgan fingerprint density at radius 3 is 2.50 bits per heavy atom. The molecule has 0 unspecified atom stereocenters. The lowest BCUT2D eigenvalue weighted by molar-refractivity contribution is -0.138. The molecule has 0 bridgehead atoms. The van der Waals surface area contributed by atoms with Gasteiger partial charge in [-0.15, -0.1) is 0 Å². The van der Waals surface area contributed by atoms with Crippen molar-refractivity contribution < 1.29 is 14.3 Å². The van der Waals surface area contributed by atoms with E-state index in [9.17, 15) is 14.7 Å². The Morgan fingerprint density at radius 1 is 1.05 bits per heavy atom. The summed E-state index contributed by atoms with van der Waals surface area (Å²) in [5, 5.41) is 10.8. The smallest absolute Gasteiger partial charge is 0.344 e. The zero-order valence-corrected chi connectivity index (χ0v) is 11.6. The second-order valence-corrected chi connectivity index (χ2v) is 5.42. The highest BCUT2D eigenvalue weighted by atomic mass is 16.4. The molecule has 1 aliphatic carbocycles. The van der Waals surface area contributed by atoms with Gasteiger partial charge in [-0.05, 0) is 23.4 Å². The highest BCUT2D eigenvalue weighted by Gasteiger charge is 2.32. The third kappa shape index (κ3) is 1.70. The van der Waals surface area contributed by atoms with Gasteiger partial charge in [-0.25, -0.2) is 4.79 Å². The normalized spacial score (nSPS) is 16.1. The van der Waals surface area contributed by atoms with E-state index >= 15 is 0 Å². The number of aliphatic carboxylic acids is 1. The zero-order valence-electron chi connectivity index (χ0n) is 11.6. The minimum Gasteiger partial charge on any atom is -0.481 e. The maximum atomic E-state index is 12.2. The summed E-state index contributed by atoms with van der Waals surface area (Å²) in [4.78, 5) is 23.8. The maximum absolute atomic E-state index is 12.2. The lowest BCUT2D eigenvalue weighted by Crippen LogP contribution is -2.21. The second-order valence-electron chi connectivity index (χ2n) is 5.42. The van der Waals surface area contributed by atoms with E-state index in [0.717, 1.165) is 10.9 Å². The van der Waals surface area contributed by atoms with Crippen LogP contribution in [-0.2, 0) is 11.2 Å². The Balaban J connectivity index is 2.13. The number of hydrogen-bond donors (Lipinski definition) is 1. The molecule has 1 N–H and O–H groups in total. The fraction of sp³-hybridized carbons (Fsp3) is 0.111. The molecule has 0 amide bonds. The van der Waals surface area contributed by atoms with Crippen LogP contribution in [0, 0.1) is 0 Å². The fourth-order valence-corrected chi connectivity index (χ4v) is 3.22. The SMILES string of the molecule is O=C(O)[C@@H]1Cc2c(oc(=O)c3ccccc23)-c2ccccc21. The molecule has 0 saturated carbocycles. The Bertz CT molecular complexity index is 968. The van der Waals surface area contributed by atoms with E-state index in [-0.39, 0.29) is 0 Å². The molecule has 22 heavy (non-hydrogen) atoms. The van der Waals surface area contributed by atoms with Crippen molar-refractivity contribution in [2.75, 3.05) is 0 Å². The van der Waals surface area contributed by atoms with Gasteiger partial charge < -0.3 is 9.52 Å². The maximum Gasteiger partial charge on any atom is 0.344 e. The van der Waals surface area contributed by atoms with Gasteiger partial charge in [0.25, 0.3) is 0 Å². The number of carboxylic acid groups (broad SMARTS) is 1. The highest BCUT2D eigenvalue weighted by molar-refractivity contribution is 5.93. The first kappa shape index (κ1) is 12.8. The number of benzene rings is 2. The molecule has 2 aromatic carbocycles. The zero-order chi connectivity index (χ0) is 15.3. The molecule has 4 nitrogen and oxygen atoms in total.